The minimum absolute atomic E-state index is 0.163. The van der Waals surface area contributed by atoms with Crippen molar-refractivity contribution in [3.8, 4) is 22.5 Å². The van der Waals surface area contributed by atoms with Crippen molar-refractivity contribution in [2.75, 3.05) is 42.6 Å². The van der Waals surface area contributed by atoms with Crippen LogP contribution >= 0.6 is 0 Å². The van der Waals surface area contributed by atoms with Crippen LogP contribution in [0.4, 0.5) is 16.4 Å². The fourth-order valence-corrected chi connectivity index (χ4v) is 6.64. The number of amides is 3. The van der Waals surface area contributed by atoms with Crippen molar-refractivity contribution in [1.82, 2.24) is 35.9 Å². The van der Waals surface area contributed by atoms with Gasteiger partial charge in [-0.2, -0.15) is 5.21 Å². The Labute approximate surface area is 302 Å². The molecule has 1 saturated carbocycles. The SMILES string of the molecule is CC(C)(C)OC(=O)NCC1CCC(C(=O)N(c2ccc(-c3nn[nH]n3)cc2)[C@@H](Cc2ccc(-c3cnc(N4CCOCC4)nc3)cc2)C(N)=O)CC1. The van der Waals surface area contributed by atoms with Gasteiger partial charge in [0, 0.05) is 61.2 Å². The Morgan fingerprint density at radius 3 is 2.21 bits per heavy atom. The molecule has 52 heavy (non-hydrogen) atoms. The lowest BCUT2D eigenvalue weighted by molar-refractivity contribution is -0.127. The molecule has 0 spiro atoms. The molecule has 1 saturated heterocycles. The largest absolute Gasteiger partial charge is 0.444 e. The maximum atomic E-state index is 14.4. The number of tetrazole rings is 1. The fourth-order valence-electron chi connectivity index (χ4n) is 6.64. The first kappa shape index (κ1) is 36.4. The Bertz CT molecular complexity index is 1780. The Hall–Kier alpha value is -5.44. The van der Waals surface area contributed by atoms with Gasteiger partial charge in [-0.25, -0.2) is 14.8 Å². The quantitative estimate of drug-likeness (QED) is 0.204. The van der Waals surface area contributed by atoms with Gasteiger partial charge in [0.05, 0.1) is 13.2 Å². The van der Waals surface area contributed by atoms with E-state index < -0.39 is 23.6 Å². The molecule has 0 radical (unpaired) electrons. The molecule has 274 valence electrons. The first-order valence-corrected chi connectivity index (χ1v) is 17.7. The van der Waals surface area contributed by atoms with Gasteiger partial charge in [0.25, 0.3) is 0 Å². The molecule has 1 aliphatic heterocycles. The van der Waals surface area contributed by atoms with Crippen LogP contribution < -0.4 is 20.9 Å². The molecule has 4 N–H and O–H groups in total. The van der Waals surface area contributed by atoms with E-state index in [9.17, 15) is 14.4 Å². The van der Waals surface area contributed by atoms with E-state index in [2.05, 4.69) is 40.8 Å². The van der Waals surface area contributed by atoms with Crippen LogP contribution in [0.2, 0.25) is 0 Å². The Morgan fingerprint density at radius 1 is 0.962 bits per heavy atom. The summed E-state index contributed by atoms with van der Waals surface area (Å²) in [7, 11) is 0. The summed E-state index contributed by atoms with van der Waals surface area (Å²) in [5.74, 6) is 0.209. The van der Waals surface area contributed by atoms with Crippen molar-refractivity contribution >= 4 is 29.5 Å². The minimum Gasteiger partial charge on any atom is -0.444 e. The van der Waals surface area contributed by atoms with E-state index >= 15 is 0 Å². The van der Waals surface area contributed by atoms with Crippen LogP contribution in [0.3, 0.4) is 0 Å². The highest BCUT2D eigenvalue weighted by Gasteiger charge is 2.36. The molecule has 1 aliphatic carbocycles. The van der Waals surface area contributed by atoms with Gasteiger partial charge >= 0.3 is 6.09 Å². The van der Waals surface area contributed by atoms with E-state index in [0.29, 0.717) is 55.6 Å². The molecule has 15 nitrogen and oxygen atoms in total. The molecule has 1 atom stereocenters. The number of aromatic amines is 1. The number of carbonyl (C=O) groups excluding carboxylic acids is 3. The van der Waals surface area contributed by atoms with Crippen LogP contribution in [-0.4, -0.2) is 93.0 Å². The molecule has 0 unspecified atom stereocenters. The van der Waals surface area contributed by atoms with Gasteiger partial charge in [-0.3, -0.25) is 14.5 Å². The fraction of sp³-hybridized carbons (Fsp3) is 0.459. The first-order valence-electron chi connectivity index (χ1n) is 17.7. The van der Waals surface area contributed by atoms with Crippen molar-refractivity contribution < 1.29 is 23.9 Å². The molecule has 2 aromatic heterocycles. The number of rotatable bonds is 11. The summed E-state index contributed by atoms with van der Waals surface area (Å²) in [4.78, 5) is 52.6. The van der Waals surface area contributed by atoms with Gasteiger partial charge in [-0.05, 0) is 93.0 Å². The summed E-state index contributed by atoms with van der Waals surface area (Å²) >= 11 is 0. The zero-order chi connectivity index (χ0) is 36.7. The lowest BCUT2D eigenvalue weighted by atomic mass is 9.81. The van der Waals surface area contributed by atoms with E-state index in [0.717, 1.165) is 42.6 Å². The van der Waals surface area contributed by atoms with Crippen molar-refractivity contribution in [2.24, 2.45) is 17.6 Å². The number of carbonyl (C=O) groups is 3. The topological polar surface area (TPSA) is 194 Å². The maximum absolute atomic E-state index is 14.4. The van der Waals surface area contributed by atoms with Crippen LogP contribution in [0.1, 0.15) is 52.0 Å². The van der Waals surface area contributed by atoms with E-state index in [1.165, 1.54) is 0 Å². The van der Waals surface area contributed by atoms with E-state index in [4.69, 9.17) is 15.2 Å². The smallest absolute Gasteiger partial charge is 0.407 e. The van der Waals surface area contributed by atoms with Gasteiger partial charge in [0.2, 0.25) is 23.6 Å². The lowest BCUT2D eigenvalue weighted by Gasteiger charge is -2.36. The number of nitrogens with one attached hydrogen (secondary N) is 2. The van der Waals surface area contributed by atoms with Crippen molar-refractivity contribution in [2.45, 2.75) is 64.5 Å². The van der Waals surface area contributed by atoms with E-state index in [-0.39, 0.29) is 24.2 Å². The summed E-state index contributed by atoms with van der Waals surface area (Å²) in [5, 5.41) is 17.0. The van der Waals surface area contributed by atoms with Gasteiger partial charge in [0.1, 0.15) is 11.6 Å². The standard InChI is InChI=1S/C37H46N10O5/c1-37(2,3)52-36(50)41-21-25-6-10-28(11-7-25)34(49)47(30-14-12-27(13-15-30)33-42-44-45-43-33)31(32(38)48)20-24-4-8-26(9-5-24)29-22-39-35(40-23-29)46-16-18-51-19-17-46/h4-5,8-9,12-15,22-23,25,28,31H,6-7,10-11,16-21H2,1-3H3,(H2,38,48)(H,41,50)(H,42,43,44,45)/t25?,28?,31-/m0/s1. The molecule has 15 heteroatoms. The molecular weight excluding hydrogens is 664 g/mol. The van der Waals surface area contributed by atoms with Crippen LogP contribution in [0.5, 0.6) is 0 Å². The number of primary amides is 1. The number of hydrogen-bond donors (Lipinski definition) is 3. The summed E-state index contributed by atoms with van der Waals surface area (Å²) in [6, 6.07) is 14.0. The Morgan fingerprint density at radius 2 is 1.62 bits per heavy atom. The lowest BCUT2D eigenvalue weighted by Crippen LogP contribution is -2.52. The summed E-state index contributed by atoms with van der Waals surface area (Å²) < 4.78 is 10.8. The van der Waals surface area contributed by atoms with Crippen LogP contribution in [-0.2, 0) is 25.5 Å². The summed E-state index contributed by atoms with van der Waals surface area (Å²) in [6.07, 6.45) is 6.10. The summed E-state index contributed by atoms with van der Waals surface area (Å²) in [5.41, 5.74) is 9.39. The number of benzene rings is 2. The summed E-state index contributed by atoms with van der Waals surface area (Å²) in [6.45, 7) is 8.77. The van der Waals surface area contributed by atoms with Gasteiger partial charge in [-0.1, -0.05) is 24.3 Å². The number of nitrogens with two attached hydrogens (primary N) is 1. The maximum Gasteiger partial charge on any atom is 0.407 e. The Balaban J connectivity index is 1.17. The molecule has 2 fully saturated rings. The van der Waals surface area contributed by atoms with Crippen LogP contribution in [0.25, 0.3) is 22.5 Å². The third kappa shape index (κ3) is 9.26. The van der Waals surface area contributed by atoms with E-state index in [1.54, 1.807) is 41.6 Å². The monoisotopic (exact) mass is 710 g/mol. The van der Waals surface area contributed by atoms with Gasteiger partial charge in [0.15, 0.2) is 0 Å². The number of alkyl carbamates (subject to hydrolysis) is 1. The molecule has 3 heterocycles. The Kier molecular flexibility index (Phi) is 11.4. The second-order valence-electron chi connectivity index (χ2n) is 14.3. The molecule has 3 amide bonds. The zero-order valence-electron chi connectivity index (χ0n) is 29.8. The number of morpholine rings is 1. The molecule has 6 rings (SSSR count). The second-order valence-corrected chi connectivity index (χ2v) is 14.3. The number of aromatic nitrogens is 6. The average Bonchev–Trinajstić information content (AvgIpc) is 3.70. The average molecular weight is 711 g/mol. The van der Waals surface area contributed by atoms with E-state index in [1.807, 2.05) is 45.0 Å². The normalized spacial score (nSPS) is 18.3. The minimum atomic E-state index is -0.947. The zero-order valence-corrected chi connectivity index (χ0v) is 29.8. The number of H-pyrrole nitrogens is 1. The van der Waals surface area contributed by atoms with Crippen molar-refractivity contribution in [3.05, 3.63) is 66.5 Å². The third-order valence-electron chi connectivity index (χ3n) is 9.40. The van der Waals surface area contributed by atoms with Gasteiger partial charge < -0.3 is 25.4 Å². The van der Waals surface area contributed by atoms with Crippen molar-refractivity contribution in [1.29, 1.82) is 0 Å². The van der Waals surface area contributed by atoms with Gasteiger partial charge in [-0.15, -0.1) is 10.2 Å². The molecule has 0 bridgehead atoms. The molecule has 4 aromatic rings. The molecular formula is C37H46N10O5. The highest BCUT2D eigenvalue weighted by Crippen LogP contribution is 2.33. The third-order valence-corrected chi connectivity index (χ3v) is 9.40. The van der Waals surface area contributed by atoms with Crippen molar-refractivity contribution in [3.63, 3.8) is 0 Å². The van der Waals surface area contributed by atoms with Crippen LogP contribution in [0.15, 0.2) is 60.9 Å². The first-order chi connectivity index (χ1) is 25.0. The molecule has 2 aromatic carbocycles. The highest BCUT2D eigenvalue weighted by atomic mass is 16.6. The predicted octanol–water partition coefficient (Wildman–Crippen LogP) is 3.92. The predicted molar refractivity (Wildman–Crippen MR) is 194 cm³/mol. The highest BCUT2D eigenvalue weighted by molar-refractivity contribution is 6.01. The number of nitrogens with zero attached hydrogens (tertiary/aromatic N) is 7. The molecule has 2 aliphatic rings. The second kappa shape index (κ2) is 16.3. The number of anilines is 2. The number of hydrogen-bond acceptors (Lipinski definition) is 11. The van der Waals surface area contributed by atoms with Crippen LogP contribution in [0, 0.1) is 11.8 Å². The number of ether oxygens (including phenoxy) is 2.